The largest absolute Gasteiger partial charge is 0.329 e. The van der Waals surface area contributed by atoms with Crippen molar-refractivity contribution in [2.45, 2.75) is 38.6 Å². The lowest BCUT2D eigenvalue weighted by atomic mass is 9.84. The molecule has 1 aliphatic carbocycles. The van der Waals surface area contributed by atoms with Crippen molar-refractivity contribution in [1.29, 1.82) is 0 Å². The molecule has 1 aromatic carbocycles. The summed E-state index contributed by atoms with van der Waals surface area (Å²) in [5.74, 6) is 0.979. The maximum absolute atomic E-state index is 13.7. The highest BCUT2D eigenvalue weighted by atomic mass is 35.5. The van der Waals surface area contributed by atoms with Crippen molar-refractivity contribution < 1.29 is 0 Å². The first-order valence-electron chi connectivity index (χ1n) is 9.95. The maximum Gasteiger partial charge on any atom is 0.271 e. The smallest absolute Gasteiger partial charge is 0.271 e. The van der Waals surface area contributed by atoms with Gasteiger partial charge in [0.1, 0.15) is 16.0 Å². The minimum absolute atomic E-state index is 0. The average molecular weight is 443 g/mol. The summed E-state index contributed by atoms with van der Waals surface area (Å²) < 4.78 is 3.61. The van der Waals surface area contributed by atoms with Crippen molar-refractivity contribution in [3.8, 4) is 5.69 Å². The number of fused-ring (bicyclic) bond motifs is 2. The summed E-state index contributed by atoms with van der Waals surface area (Å²) in [5.41, 5.74) is 6.56. The van der Waals surface area contributed by atoms with Gasteiger partial charge in [0.15, 0.2) is 5.65 Å². The maximum atomic E-state index is 13.7. The zero-order chi connectivity index (χ0) is 20.1. The van der Waals surface area contributed by atoms with Crippen LogP contribution in [0.1, 0.15) is 35.9 Å². The number of hydrogen-bond donors (Lipinski definition) is 1. The van der Waals surface area contributed by atoms with E-state index in [0.29, 0.717) is 24.1 Å². The van der Waals surface area contributed by atoms with E-state index < -0.39 is 0 Å². The fourth-order valence-corrected chi connectivity index (χ4v) is 5.15. The summed E-state index contributed by atoms with van der Waals surface area (Å²) in [6, 6.07) is 11.4. The van der Waals surface area contributed by atoms with Crippen molar-refractivity contribution in [3.05, 3.63) is 67.7 Å². The second kappa shape index (κ2) is 7.98. The van der Waals surface area contributed by atoms with Gasteiger partial charge in [-0.25, -0.2) is 4.98 Å². The predicted octanol–water partition coefficient (Wildman–Crippen LogP) is 3.72. The van der Waals surface area contributed by atoms with Gasteiger partial charge in [0.2, 0.25) is 5.43 Å². The van der Waals surface area contributed by atoms with Crippen LogP contribution in [0.15, 0.2) is 46.0 Å². The molecule has 1 saturated carbocycles. The van der Waals surface area contributed by atoms with Crippen LogP contribution in [-0.4, -0.2) is 20.7 Å². The number of aryl methyl sites for hydroxylation is 1. The molecule has 1 fully saturated rings. The summed E-state index contributed by atoms with van der Waals surface area (Å²) in [6.45, 7) is 2.89. The SMILES string of the molecule is Cc1cc2c(=O)c3c(=O)n(-c4ccccc4)c(C4CCC4)nc3n(CCN)c2s1.Cl. The topological polar surface area (TPSA) is 82.9 Å². The lowest BCUT2D eigenvalue weighted by Gasteiger charge is -2.28. The first kappa shape index (κ1) is 20.8. The first-order chi connectivity index (χ1) is 14.1. The number of halogens is 1. The molecule has 0 saturated heterocycles. The molecule has 4 aromatic rings. The summed E-state index contributed by atoms with van der Waals surface area (Å²) >= 11 is 1.55. The van der Waals surface area contributed by atoms with Crippen molar-refractivity contribution in [1.82, 2.24) is 14.1 Å². The molecule has 3 aromatic heterocycles. The van der Waals surface area contributed by atoms with Crippen molar-refractivity contribution in [3.63, 3.8) is 0 Å². The fourth-order valence-electron chi connectivity index (χ4n) is 4.12. The fraction of sp³-hybridized carbons (Fsp3) is 0.318. The summed E-state index contributed by atoms with van der Waals surface area (Å²) in [6.07, 6.45) is 3.14. The molecule has 0 unspecified atom stereocenters. The Bertz CT molecular complexity index is 1350. The van der Waals surface area contributed by atoms with Crippen LogP contribution in [0.4, 0.5) is 0 Å². The summed E-state index contributed by atoms with van der Waals surface area (Å²) in [4.78, 5) is 33.9. The van der Waals surface area contributed by atoms with Gasteiger partial charge < -0.3 is 10.3 Å². The van der Waals surface area contributed by atoms with Gasteiger partial charge in [0, 0.05) is 23.9 Å². The molecule has 0 bridgehead atoms. The minimum Gasteiger partial charge on any atom is -0.329 e. The van der Waals surface area contributed by atoms with Gasteiger partial charge in [0.25, 0.3) is 5.56 Å². The zero-order valence-corrected chi connectivity index (χ0v) is 18.3. The van der Waals surface area contributed by atoms with Crippen LogP contribution in [0.25, 0.3) is 26.9 Å². The molecule has 0 aliphatic heterocycles. The standard InChI is InChI=1S/C22H22N4O2S.ClH/c1-13-12-16-18(27)17-20(25(11-10-23)22(16)29-13)24-19(14-6-5-7-14)26(21(17)28)15-8-3-2-4-9-15;/h2-4,8-9,12,14H,5-7,10-11,23H2,1H3;1H. The molecular formula is C22H23ClN4O2S. The van der Waals surface area contributed by atoms with E-state index in [0.717, 1.165) is 40.5 Å². The molecule has 5 rings (SSSR count). The third-order valence-electron chi connectivity index (χ3n) is 5.74. The number of thiophene rings is 1. The Labute approximate surface area is 183 Å². The highest BCUT2D eigenvalue weighted by molar-refractivity contribution is 7.18. The average Bonchev–Trinajstić information content (AvgIpc) is 3.06. The first-order valence-corrected chi connectivity index (χ1v) is 10.8. The summed E-state index contributed by atoms with van der Waals surface area (Å²) in [5, 5.41) is 0.721. The van der Waals surface area contributed by atoms with E-state index in [9.17, 15) is 9.59 Å². The van der Waals surface area contributed by atoms with E-state index in [1.54, 1.807) is 15.9 Å². The number of rotatable bonds is 4. The van der Waals surface area contributed by atoms with E-state index in [1.807, 2.05) is 47.9 Å². The highest BCUT2D eigenvalue weighted by Crippen LogP contribution is 2.36. The molecule has 0 atom stereocenters. The van der Waals surface area contributed by atoms with Crippen LogP contribution < -0.4 is 16.7 Å². The third kappa shape index (κ3) is 3.09. The molecule has 0 spiro atoms. The molecule has 0 amide bonds. The lowest BCUT2D eigenvalue weighted by molar-refractivity contribution is 0.394. The monoisotopic (exact) mass is 442 g/mol. The van der Waals surface area contributed by atoms with E-state index in [1.165, 1.54) is 0 Å². The Morgan fingerprint density at radius 3 is 2.57 bits per heavy atom. The van der Waals surface area contributed by atoms with Gasteiger partial charge in [-0.2, -0.15) is 0 Å². The zero-order valence-electron chi connectivity index (χ0n) is 16.6. The Balaban J connectivity index is 0.00000218. The Morgan fingerprint density at radius 2 is 1.93 bits per heavy atom. The van der Waals surface area contributed by atoms with Gasteiger partial charge in [0.05, 0.1) is 11.1 Å². The molecule has 8 heteroatoms. The van der Waals surface area contributed by atoms with Crippen molar-refractivity contribution in [2.75, 3.05) is 6.54 Å². The number of benzene rings is 1. The Kier molecular flexibility index (Phi) is 5.53. The van der Waals surface area contributed by atoms with Crippen LogP contribution >= 0.6 is 23.7 Å². The number of aromatic nitrogens is 3. The second-order valence-electron chi connectivity index (χ2n) is 7.62. The molecule has 6 nitrogen and oxygen atoms in total. The van der Waals surface area contributed by atoms with E-state index in [2.05, 4.69) is 0 Å². The van der Waals surface area contributed by atoms with Crippen LogP contribution in [-0.2, 0) is 6.54 Å². The number of hydrogen-bond acceptors (Lipinski definition) is 5. The second-order valence-corrected chi connectivity index (χ2v) is 8.85. The van der Waals surface area contributed by atoms with E-state index >= 15 is 0 Å². The van der Waals surface area contributed by atoms with Gasteiger partial charge in [-0.3, -0.25) is 14.2 Å². The summed E-state index contributed by atoms with van der Waals surface area (Å²) in [7, 11) is 0. The molecule has 1 aliphatic rings. The van der Waals surface area contributed by atoms with Crippen LogP contribution in [0.5, 0.6) is 0 Å². The third-order valence-corrected chi connectivity index (χ3v) is 6.81. The van der Waals surface area contributed by atoms with Gasteiger partial charge >= 0.3 is 0 Å². The molecule has 3 heterocycles. The Hall–Kier alpha value is -2.48. The van der Waals surface area contributed by atoms with Crippen molar-refractivity contribution >= 4 is 45.0 Å². The molecule has 0 radical (unpaired) electrons. The van der Waals surface area contributed by atoms with E-state index in [-0.39, 0.29) is 34.7 Å². The predicted molar refractivity (Wildman–Crippen MR) is 125 cm³/mol. The minimum atomic E-state index is -0.287. The number of nitrogens with zero attached hydrogens (tertiary/aromatic N) is 3. The van der Waals surface area contributed by atoms with Crippen LogP contribution in [0, 0.1) is 6.92 Å². The van der Waals surface area contributed by atoms with E-state index in [4.69, 9.17) is 10.7 Å². The van der Waals surface area contributed by atoms with Gasteiger partial charge in [-0.15, -0.1) is 23.7 Å². The van der Waals surface area contributed by atoms with Gasteiger partial charge in [-0.1, -0.05) is 24.6 Å². The lowest BCUT2D eigenvalue weighted by Crippen LogP contribution is -2.32. The number of nitrogens with two attached hydrogens (primary N) is 1. The van der Waals surface area contributed by atoms with Crippen LogP contribution in [0.2, 0.25) is 0 Å². The molecule has 30 heavy (non-hydrogen) atoms. The van der Waals surface area contributed by atoms with Crippen LogP contribution in [0.3, 0.4) is 0 Å². The normalized spacial score (nSPS) is 14.1. The quantitative estimate of drug-likeness (QED) is 0.522. The highest BCUT2D eigenvalue weighted by Gasteiger charge is 2.28. The number of para-hydroxylation sites is 1. The Morgan fingerprint density at radius 1 is 1.20 bits per heavy atom. The molecular weight excluding hydrogens is 420 g/mol. The van der Waals surface area contributed by atoms with Crippen molar-refractivity contribution in [2.24, 2.45) is 5.73 Å². The molecule has 2 N–H and O–H groups in total. The number of pyridine rings is 1. The molecule has 156 valence electrons. The van der Waals surface area contributed by atoms with Gasteiger partial charge in [-0.05, 0) is 38.0 Å².